The van der Waals surface area contributed by atoms with Crippen molar-refractivity contribution in [3.8, 4) is 11.5 Å². The first kappa shape index (κ1) is 24.1. The summed E-state index contributed by atoms with van der Waals surface area (Å²) < 4.78 is 17.3. The van der Waals surface area contributed by atoms with Crippen LogP contribution in [0.3, 0.4) is 0 Å². The van der Waals surface area contributed by atoms with Crippen molar-refractivity contribution < 1.29 is 33.7 Å². The largest absolute Gasteiger partial charge is 0.519 e. The Labute approximate surface area is 220 Å². The summed E-state index contributed by atoms with van der Waals surface area (Å²) in [6.07, 6.45) is 8.87. The predicted octanol–water partition coefficient (Wildman–Crippen LogP) is 6.66. The van der Waals surface area contributed by atoms with Gasteiger partial charge in [-0.3, -0.25) is 10.1 Å². The fraction of sp³-hybridized carbons (Fsp3) is 0.552. The molecule has 8 rings (SSSR count). The molecule has 38 heavy (non-hydrogen) atoms. The van der Waals surface area contributed by atoms with Crippen LogP contribution in [0.1, 0.15) is 69.3 Å². The van der Waals surface area contributed by atoms with Gasteiger partial charge in [-0.05, 0) is 92.5 Å². The third-order valence-electron chi connectivity index (χ3n) is 9.41. The van der Waals surface area contributed by atoms with Crippen molar-refractivity contribution in [3.05, 3.63) is 64.2 Å². The molecule has 2 aromatic rings. The van der Waals surface area contributed by atoms with E-state index in [0.717, 1.165) is 43.1 Å². The first-order valence-corrected chi connectivity index (χ1v) is 13.7. The minimum atomic E-state index is -0.908. The first-order valence-electron chi connectivity index (χ1n) is 13.7. The Morgan fingerprint density at radius 2 is 1.47 bits per heavy atom. The highest BCUT2D eigenvalue weighted by atomic mass is 17.3. The van der Waals surface area contributed by atoms with Gasteiger partial charge in [0.25, 0.3) is 5.69 Å². The molecule has 0 N–H and O–H groups in total. The van der Waals surface area contributed by atoms with Gasteiger partial charge >= 0.3 is 6.16 Å². The number of nitro benzene ring substituents is 1. The van der Waals surface area contributed by atoms with Crippen LogP contribution in [-0.2, 0) is 14.5 Å². The van der Waals surface area contributed by atoms with E-state index in [1.165, 1.54) is 56.4 Å². The van der Waals surface area contributed by atoms with Gasteiger partial charge in [0, 0.05) is 36.8 Å². The van der Waals surface area contributed by atoms with E-state index in [2.05, 4.69) is 0 Å². The average molecular weight is 522 g/mol. The number of hydrogen-bond acceptors (Lipinski definition) is 8. The van der Waals surface area contributed by atoms with Crippen molar-refractivity contribution in [1.29, 1.82) is 0 Å². The Hall–Kier alpha value is -3.01. The third kappa shape index (κ3) is 4.17. The first-order chi connectivity index (χ1) is 18.4. The molecule has 0 amide bonds. The van der Waals surface area contributed by atoms with E-state index in [4.69, 9.17) is 24.0 Å². The van der Waals surface area contributed by atoms with Crippen LogP contribution in [-0.4, -0.2) is 22.7 Å². The molecule has 5 saturated carbocycles. The van der Waals surface area contributed by atoms with Gasteiger partial charge in [0.05, 0.1) is 4.92 Å². The normalized spacial score (nSPS) is 37.0. The topological polar surface area (TPSA) is 106 Å². The van der Waals surface area contributed by atoms with Gasteiger partial charge in [0.1, 0.15) is 11.5 Å². The third-order valence-corrected chi connectivity index (χ3v) is 9.41. The Bertz CT molecular complexity index is 1200. The summed E-state index contributed by atoms with van der Waals surface area (Å²) in [6.45, 7) is 0. The summed E-state index contributed by atoms with van der Waals surface area (Å²) in [7, 11) is 0. The molecule has 4 bridgehead atoms. The Morgan fingerprint density at radius 3 is 2.08 bits per heavy atom. The lowest BCUT2D eigenvalue weighted by Gasteiger charge is -2.57. The zero-order valence-corrected chi connectivity index (χ0v) is 21.1. The minimum absolute atomic E-state index is 0.0843. The molecule has 9 heteroatoms. The van der Waals surface area contributed by atoms with E-state index in [1.54, 1.807) is 12.1 Å². The van der Waals surface area contributed by atoms with Gasteiger partial charge in [-0.2, -0.15) is 9.78 Å². The molecule has 2 atom stereocenters. The average Bonchev–Trinajstić information content (AvgIpc) is 3.27. The van der Waals surface area contributed by atoms with Crippen molar-refractivity contribution in [1.82, 2.24) is 0 Å². The monoisotopic (exact) mass is 521 g/mol. The van der Waals surface area contributed by atoms with Crippen LogP contribution < -0.4 is 9.47 Å². The molecule has 2 aromatic carbocycles. The summed E-state index contributed by atoms with van der Waals surface area (Å²) in [6, 6.07) is 12.7. The van der Waals surface area contributed by atoms with Gasteiger partial charge < -0.3 is 14.2 Å². The highest BCUT2D eigenvalue weighted by Crippen LogP contribution is 2.64. The second-order valence-electron chi connectivity index (χ2n) is 11.8. The fourth-order valence-electron chi connectivity index (χ4n) is 7.92. The zero-order chi connectivity index (χ0) is 25.9. The van der Waals surface area contributed by atoms with Crippen LogP contribution >= 0.6 is 0 Å². The van der Waals surface area contributed by atoms with E-state index < -0.39 is 22.7 Å². The van der Waals surface area contributed by atoms with Gasteiger partial charge in [-0.15, -0.1) is 0 Å². The van der Waals surface area contributed by atoms with E-state index in [9.17, 15) is 14.9 Å². The van der Waals surface area contributed by atoms with Gasteiger partial charge in [-0.25, -0.2) is 4.79 Å². The highest BCUT2D eigenvalue weighted by molar-refractivity contribution is 5.67. The lowest BCUT2D eigenvalue weighted by molar-refractivity contribution is -0.390. The standard InChI is InChI=1S/C29H31NO8/c31-27(35-26-9-5-24(6-10-26)30(32)33)34-25-7-3-20(4-8-25)21-2-1-11-28(17-21)36-29(38-37-28)22-13-18-12-19(15-22)16-23(29)14-18/h3-10,18-19,21-23H,1-2,11-17H2/t18?,19?,21-,22?,23?,28-,29?/m1/s1. The van der Waals surface area contributed by atoms with Crippen molar-refractivity contribution in [3.63, 3.8) is 0 Å². The number of carbonyl (C=O) groups excluding carboxylic acids is 1. The summed E-state index contributed by atoms with van der Waals surface area (Å²) in [4.78, 5) is 34.8. The molecule has 1 saturated heterocycles. The molecule has 6 fully saturated rings. The number of carbonyl (C=O) groups is 1. The number of hydrogen-bond donors (Lipinski definition) is 0. The maximum atomic E-state index is 12.2. The highest BCUT2D eigenvalue weighted by Gasteiger charge is 2.67. The van der Waals surface area contributed by atoms with Crippen LogP contribution in [0, 0.1) is 33.8 Å². The molecule has 5 aliphatic carbocycles. The number of nitrogens with zero attached hydrogens (tertiary/aromatic N) is 1. The van der Waals surface area contributed by atoms with E-state index in [1.807, 2.05) is 12.1 Å². The van der Waals surface area contributed by atoms with Gasteiger partial charge in [0.15, 0.2) is 0 Å². The summed E-state index contributed by atoms with van der Waals surface area (Å²) in [5.41, 5.74) is 1.05. The van der Waals surface area contributed by atoms with Crippen molar-refractivity contribution in [2.24, 2.45) is 23.7 Å². The molecule has 1 heterocycles. The van der Waals surface area contributed by atoms with Crippen molar-refractivity contribution >= 4 is 11.8 Å². The minimum Gasteiger partial charge on any atom is -0.395 e. The SMILES string of the molecule is O=C(Oc1ccc([C@@H]2CCC[C@]3(C2)OOC2(O3)C3CC4CC(C3)CC2C4)cc1)Oc1ccc([N+](=O)[O-])cc1. The quantitative estimate of drug-likeness (QED) is 0.145. The predicted molar refractivity (Wildman–Crippen MR) is 133 cm³/mol. The number of nitro groups is 1. The molecule has 0 unspecified atom stereocenters. The molecule has 6 aliphatic rings. The van der Waals surface area contributed by atoms with Crippen LogP contribution in [0.4, 0.5) is 10.5 Å². The molecule has 9 nitrogen and oxygen atoms in total. The van der Waals surface area contributed by atoms with Crippen LogP contribution in [0.15, 0.2) is 48.5 Å². The second-order valence-corrected chi connectivity index (χ2v) is 11.8. The summed E-state index contributed by atoms with van der Waals surface area (Å²) >= 11 is 0. The van der Waals surface area contributed by atoms with Crippen molar-refractivity contribution in [2.45, 2.75) is 75.3 Å². The lowest BCUT2D eigenvalue weighted by atomic mass is 9.53. The number of benzene rings is 2. The second kappa shape index (κ2) is 9.03. The Morgan fingerprint density at radius 1 is 0.868 bits per heavy atom. The number of non-ortho nitro benzene ring substituents is 1. The van der Waals surface area contributed by atoms with Crippen LogP contribution in [0.5, 0.6) is 11.5 Å². The van der Waals surface area contributed by atoms with Gasteiger partial charge in [-0.1, -0.05) is 12.1 Å². The maximum Gasteiger partial charge on any atom is 0.519 e. The van der Waals surface area contributed by atoms with E-state index in [0.29, 0.717) is 17.6 Å². The molecule has 200 valence electrons. The Kier molecular flexibility index (Phi) is 5.72. The van der Waals surface area contributed by atoms with Crippen LogP contribution in [0.25, 0.3) is 0 Å². The molecule has 2 spiro atoms. The molecule has 0 radical (unpaired) electrons. The van der Waals surface area contributed by atoms with E-state index >= 15 is 0 Å². The van der Waals surface area contributed by atoms with Gasteiger partial charge in [0.2, 0.25) is 11.6 Å². The number of ether oxygens (including phenoxy) is 3. The lowest BCUT2D eigenvalue weighted by Crippen LogP contribution is -2.59. The summed E-state index contributed by atoms with van der Waals surface area (Å²) in [5.74, 6) is 2.08. The Balaban J connectivity index is 0.985. The molecule has 0 aromatic heterocycles. The molecular weight excluding hydrogens is 490 g/mol. The smallest absolute Gasteiger partial charge is 0.395 e. The fourth-order valence-corrected chi connectivity index (χ4v) is 7.92. The number of rotatable bonds is 4. The molecule has 1 aliphatic heterocycles. The zero-order valence-electron chi connectivity index (χ0n) is 21.1. The van der Waals surface area contributed by atoms with Crippen LogP contribution in [0.2, 0.25) is 0 Å². The maximum absolute atomic E-state index is 12.2. The van der Waals surface area contributed by atoms with Crippen molar-refractivity contribution in [2.75, 3.05) is 0 Å². The van der Waals surface area contributed by atoms with E-state index in [-0.39, 0.29) is 17.4 Å². The molecular formula is C29H31NO8. The summed E-state index contributed by atoms with van der Waals surface area (Å²) in [5, 5.41) is 10.8.